The smallest absolute Gasteiger partial charge is 0.219 e. The lowest BCUT2D eigenvalue weighted by atomic mass is 10.0. The number of nitrogens with zero attached hydrogens (tertiary/aromatic N) is 3. The predicted molar refractivity (Wildman–Crippen MR) is 67.2 cm³/mol. The van der Waals surface area contributed by atoms with Crippen LogP contribution in [0.3, 0.4) is 0 Å². The van der Waals surface area contributed by atoms with Crippen molar-refractivity contribution in [3.05, 3.63) is 35.5 Å². The molecule has 0 spiro atoms. The summed E-state index contributed by atoms with van der Waals surface area (Å²) in [7, 11) is 0. The third-order valence-corrected chi connectivity index (χ3v) is 3.19. The molecule has 1 aliphatic heterocycles. The highest BCUT2D eigenvalue weighted by Gasteiger charge is 2.18. The first-order chi connectivity index (χ1) is 8.79. The SMILES string of the molecule is Cc1cc(C#N)ccc1-c1cnn2c1OCCC2. The molecule has 0 saturated carbocycles. The average Bonchev–Trinajstić information content (AvgIpc) is 2.82. The van der Waals surface area contributed by atoms with Gasteiger partial charge in [-0.25, -0.2) is 4.68 Å². The first-order valence-corrected chi connectivity index (χ1v) is 5.99. The summed E-state index contributed by atoms with van der Waals surface area (Å²) in [6.45, 7) is 3.65. The fourth-order valence-electron chi connectivity index (χ4n) is 2.29. The van der Waals surface area contributed by atoms with Gasteiger partial charge in [0.1, 0.15) is 0 Å². The number of fused-ring (bicyclic) bond motifs is 1. The Morgan fingerprint density at radius 3 is 3.06 bits per heavy atom. The number of rotatable bonds is 1. The maximum absolute atomic E-state index is 8.88. The highest BCUT2D eigenvalue weighted by atomic mass is 16.5. The van der Waals surface area contributed by atoms with E-state index in [0.29, 0.717) is 5.56 Å². The second-order valence-electron chi connectivity index (χ2n) is 4.43. The molecule has 0 saturated heterocycles. The molecule has 0 aliphatic carbocycles. The van der Waals surface area contributed by atoms with E-state index in [1.165, 1.54) is 0 Å². The van der Waals surface area contributed by atoms with Gasteiger partial charge in [0.15, 0.2) is 0 Å². The summed E-state index contributed by atoms with van der Waals surface area (Å²) in [6.07, 6.45) is 2.84. The lowest BCUT2D eigenvalue weighted by Crippen LogP contribution is -2.14. The molecule has 0 unspecified atom stereocenters. The zero-order chi connectivity index (χ0) is 12.5. The number of ether oxygens (including phenoxy) is 1. The molecule has 0 fully saturated rings. The van der Waals surface area contributed by atoms with Crippen LogP contribution < -0.4 is 4.74 Å². The van der Waals surface area contributed by atoms with Gasteiger partial charge >= 0.3 is 0 Å². The van der Waals surface area contributed by atoms with Crippen molar-refractivity contribution in [3.63, 3.8) is 0 Å². The van der Waals surface area contributed by atoms with Crippen LogP contribution in [0.2, 0.25) is 0 Å². The second kappa shape index (κ2) is 4.19. The van der Waals surface area contributed by atoms with Crippen LogP contribution in [0.4, 0.5) is 0 Å². The van der Waals surface area contributed by atoms with Gasteiger partial charge in [0.05, 0.1) is 30.0 Å². The molecule has 1 aliphatic rings. The summed E-state index contributed by atoms with van der Waals surface area (Å²) in [5.41, 5.74) is 3.84. The van der Waals surface area contributed by atoms with Crippen LogP contribution in [-0.2, 0) is 6.54 Å². The van der Waals surface area contributed by atoms with Crippen molar-refractivity contribution >= 4 is 0 Å². The fraction of sp³-hybridized carbons (Fsp3) is 0.286. The van der Waals surface area contributed by atoms with Gasteiger partial charge < -0.3 is 4.74 Å². The normalized spacial score (nSPS) is 13.6. The van der Waals surface area contributed by atoms with Gasteiger partial charge in [-0.1, -0.05) is 6.07 Å². The van der Waals surface area contributed by atoms with Gasteiger partial charge in [0, 0.05) is 13.0 Å². The third kappa shape index (κ3) is 1.65. The molecule has 1 aromatic carbocycles. The summed E-state index contributed by atoms with van der Waals surface area (Å²) in [6, 6.07) is 7.83. The summed E-state index contributed by atoms with van der Waals surface area (Å²) in [5.74, 6) is 0.842. The maximum atomic E-state index is 8.88. The van der Waals surface area contributed by atoms with Gasteiger partial charge in [0.25, 0.3) is 0 Å². The largest absolute Gasteiger partial charge is 0.477 e. The summed E-state index contributed by atoms with van der Waals surface area (Å²) in [5, 5.41) is 13.2. The Balaban J connectivity index is 2.10. The molecule has 2 heterocycles. The van der Waals surface area contributed by atoms with Crippen molar-refractivity contribution in [2.75, 3.05) is 6.61 Å². The van der Waals surface area contributed by atoms with E-state index in [0.717, 1.165) is 42.1 Å². The number of benzene rings is 1. The van der Waals surface area contributed by atoms with Crippen LogP contribution in [0, 0.1) is 18.3 Å². The van der Waals surface area contributed by atoms with Gasteiger partial charge in [-0.3, -0.25) is 0 Å². The molecular weight excluding hydrogens is 226 g/mol. The van der Waals surface area contributed by atoms with E-state index in [1.54, 1.807) is 0 Å². The molecule has 4 heteroatoms. The highest BCUT2D eigenvalue weighted by Crippen LogP contribution is 2.34. The minimum absolute atomic E-state index is 0.679. The van der Waals surface area contributed by atoms with Crippen molar-refractivity contribution in [1.29, 1.82) is 5.26 Å². The van der Waals surface area contributed by atoms with E-state index in [9.17, 15) is 0 Å². The maximum Gasteiger partial charge on any atom is 0.219 e. The average molecular weight is 239 g/mol. The highest BCUT2D eigenvalue weighted by molar-refractivity contribution is 5.72. The van der Waals surface area contributed by atoms with Gasteiger partial charge in [-0.05, 0) is 30.2 Å². The van der Waals surface area contributed by atoms with Crippen LogP contribution in [-0.4, -0.2) is 16.4 Å². The van der Waals surface area contributed by atoms with Crippen LogP contribution >= 0.6 is 0 Å². The first kappa shape index (κ1) is 10.8. The van der Waals surface area contributed by atoms with Crippen molar-refractivity contribution in [3.8, 4) is 23.1 Å². The summed E-state index contributed by atoms with van der Waals surface area (Å²) in [4.78, 5) is 0. The number of hydrogen-bond acceptors (Lipinski definition) is 3. The van der Waals surface area contributed by atoms with Crippen LogP contribution in [0.1, 0.15) is 17.5 Å². The summed E-state index contributed by atoms with van der Waals surface area (Å²) >= 11 is 0. The first-order valence-electron chi connectivity index (χ1n) is 5.99. The molecule has 2 aromatic rings. The Hall–Kier alpha value is -2.28. The van der Waals surface area contributed by atoms with Crippen LogP contribution in [0.25, 0.3) is 11.1 Å². The molecule has 3 rings (SSSR count). The molecule has 0 atom stereocenters. The Kier molecular flexibility index (Phi) is 2.52. The van der Waals surface area contributed by atoms with Crippen LogP contribution in [0.15, 0.2) is 24.4 Å². The lowest BCUT2D eigenvalue weighted by Gasteiger charge is -2.16. The molecule has 1 aromatic heterocycles. The van der Waals surface area contributed by atoms with Crippen molar-refractivity contribution in [1.82, 2.24) is 9.78 Å². The number of aromatic nitrogens is 2. The van der Waals surface area contributed by atoms with E-state index in [2.05, 4.69) is 11.2 Å². The molecule has 4 nitrogen and oxygen atoms in total. The van der Waals surface area contributed by atoms with Gasteiger partial charge in [-0.2, -0.15) is 10.4 Å². The fourth-order valence-corrected chi connectivity index (χ4v) is 2.29. The van der Waals surface area contributed by atoms with Crippen molar-refractivity contribution in [2.24, 2.45) is 0 Å². The molecule has 90 valence electrons. The monoisotopic (exact) mass is 239 g/mol. The zero-order valence-corrected chi connectivity index (χ0v) is 10.2. The molecule has 0 bridgehead atoms. The standard InChI is InChI=1S/C14H13N3O/c1-10-7-11(8-15)3-4-12(10)13-9-16-17-5-2-6-18-14(13)17/h3-4,7,9H,2,5-6H2,1H3. The Morgan fingerprint density at radius 2 is 2.28 bits per heavy atom. The number of aryl methyl sites for hydroxylation is 2. The van der Waals surface area contributed by atoms with E-state index in [1.807, 2.05) is 36.0 Å². The van der Waals surface area contributed by atoms with Gasteiger partial charge in [-0.15, -0.1) is 0 Å². The van der Waals surface area contributed by atoms with Gasteiger partial charge in [0.2, 0.25) is 5.88 Å². The quantitative estimate of drug-likeness (QED) is 0.768. The Bertz CT molecular complexity index is 637. The molecular formula is C14H13N3O. The number of nitriles is 1. The second-order valence-corrected chi connectivity index (χ2v) is 4.43. The zero-order valence-electron chi connectivity index (χ0n) is 10.2. The predicted octanol–water partition coefficient (Wildman–Crippen LogP) is 2.51. The topological polar surface area (TPSA) is 50.8 Å². The Labute approximate surface area is 105 Å². The van der Waals surface area contributed by atoms with E-state index in [-0.39, 0.29) is 0 Å². The Morgan fingerprint density at radius 1 is 1.39 bits per heavy atom. The van der Waals surface area contributed by atoms with E-state index in [4.69, 9.17) is 10.00 Å². The lowest BCUT2D eigenvalue weighted by molar-refractivity contribution is 0.231. The van der Waals surface area contributed by atoms with Crippen LogP contribution in [0.5, 0.6) is 5.88 Å². The van der Waals surface area contributed by atoms with Crippen molar-refractivity contribution < 1.29 is 4.74 Å². The molecule has 0 radical (unpaired) electrons. The van der Waals surface area contributed by atoms with E-state index >= 15 is 0 Å². The van der Waals surface area contributed by atoms with E-state index < -0.39 is 0 Å². The minimum Gasteiger partial charge on any atom is -0.477 e. The third-order valence-electron chi connectivity index (χ3n) is 3.19. The summed E-state index contributed by atoms with van der Waals surface area (Å²) < 4.78 is 7.60. The minimum atomic E-state index is 0.679. The van der Waals surface area contributed by atoms with Crippen molar-refractivity contribution in [2.45, 2.75) is 19.9 Å². The number of hydrogen-bond donors (Lipinski definition) is 0. The molecule has 0 N–H and O–H groups in total. The molecule has 0 amide bonds. The molecule has 18 heavy (non-hydrogen) atoms.